The van der Waals surface area contributed by atoms with Crippen LogP contribution < -0.4 is 21.3 Å². The number of urea groups is 1. The van der Waals surface area contributed by atoms with Crippen LogP contribution in [0.1, 0.15) is 36.1 Å². The van der Waals surface area contributed by atoms with Gasteiger partial charge in [-0.25, -0.2) is 4.79 Å². The van der Waals surface area contributed by atoms with Gasteiger partial charge in [0.2, 0.25) is 11.8 Å². The standard InChI is InChI=1S/C33H30N4O15S4/c1-19(38)34-25-11-7-21(29(15-25)53(41,42)43)3-5-23-9-13-27(17-31(23)55(47,48)49)36-33(40)37-28-14-10-24(32(18-28)56(50,51)52)6-4-22-8-12-26(35-20(2)39)16-30(22)54(44,45)46/h3-18H,1-2H3,(H,34,38)(H,35,39)(H2,36,37,40)(H,41,42,43)(H,44,45,46)(H,47,48,49)(H,50,51,52)/b5-3+,6-4+. The molecular formula is C33H30N4O15S4. The third kappa shape index (κ3) is 11.6. The van der Waals surface area contributed by atoms with Crippen molar-refractivity contribution in [3.05, 3.63) is 95.1 Å². The Hall–Kier alpha value is -5.79. The minimum Gasteiger partial charge on any atom is -0.326 e. The van der Waals surface area contributed by atoms with E-state index in [1.807, 2.05) is 0 Å². The van der Waals surface area contributed by atoms with Gasteiger partial charge in [0.15, 0.2) is 0 Å². The highest BCUT2D eigenvalue weighted by Gasteiger charge is 2.20. The second-order valence-corrected chi connectivity index (χ2v) is 17.1. The van der Waals surface area contributed by atoms with Crippen molar-refractivity contribution < 1.29 is 66.3 Å². The maximum atomic E-state index is 12.9. The zero-order valence-electron chi connectivity index (χ0n) is 28.7. The Bertz CT molecular complexity index is 2590. The van der Waals surface area contributed by atoms with Gasteiger partial charge < -0.3 is 21.3 Å². The molecule has 19 nitrogen and oxygen atoms in total. The lowest BCUT2D eigenvalue weighted by Crippen LogP contribution is -2.20. The van der Waals surface area contributed by atoms with E-state index >= 15 is 0 Å². The van der Waals surface area contributed by atoms with Crippen molar-refractivity contribution in [1.29, 1.82) is 0 Å². The van der Waals surface area contributed by atoms with Gasteiger partial charge in [-0.2, -0.15) is 33.7 Å². The largest absolute Gasteiger partial charge is 0.326 e. The summed E-state index contributed by atoms with van der Waals surface area (Å²) in [4.78, 5) is 32.8. The second kappa shape index (κ2) is 16.5. The number of hydrogen-bond acceptors (Lipinski definition) is 11. The predicted molar refractivity (Wildman–Crippen MR) is 204 cm³/mol. The highest BCUT2D eigenvalue weighted by molar-refractivity contribution is 7.86. The molecule has 4 aromatic rings. The maximum absolute atomic E-state index is 12.9. The lowest BCUT2D eigenvalue weighted by Gasteiger charge is -2.12. The molecule has 0 fully saturated rings. The third-order valence-corrected chi connectivity index (χ3v) is 10.8. The first kappa shape index (κ1) is 42.9. The molecule has 4 rings (SSSR count). The van der Waals surface area contributed by atoms with E-state index in [0.29, 0.717) is 0 Å². The molecule has 56 heavy (non-hydrogen) atoms. The molecule has 296 valence electrons. The van der Waals surface area contributed by atoms with Crippen LogP contribution in [-0.4, -0.2) is 69.7 Å². The molecule has 4 aromatic carbocycles. The van der Waals surface area contributed by atoms with E-state index in [-0.39, 0.29) is 45.0 Å². The van der Waals surface area contributed by atoms with Gasteiger partial charge in [0.1, 0.15) is 19.6 Å². The van der Waals surface area contributed by atoms with Crippen LogP contribution in [0.15, 0.2) is 92.4 Å². The number of hydrogen-bond donors (Lipinski definition) is 8. The van der Waals surface area contributed by atoms with Crippen molar-refractivity contribution in [2.24, 2.45) is 0 Å². The molecule has 0 radical (unpaired) electrons. The monoisotopic (exact) mass is 850 g/mol. The third-order valence-electron chi connectivity index (χ3n) is 7.21. The quantitative estimate of drug-likeness (QED) is 0.0715. The predicted octanol–water partition coefficient (Wildman–Crippen LogP) is 4.58. The minimum absolute atomic E-state index is 0.0385. The fourth-order valence-corrected chi connectivity index (χ4v) is 7.79. The minimum atomic E-state index is -4.99. The number of carbonyl (C=O) groups is 3. The molecule has 0 unspecified atom stereocenters. The molecule has 0 aliphatic rings. The van der Waals surface area contributed by atoms with Crippen molar-refractivity contribution in [3.8, 4) is 0 Å². The molecule has 0 saturated heterocycles. The molecule has 0 aliphatic heterocycles. The van der Waals surface area contributed by atoms with Crippen LogP contribution in [0.25, 0.3) is 24.3 Å². The SMILES string of the molecule is CC(=O)Nc1ccc(/C=C/c2ccc(NC(=O)Nc3ccc(/C=C/c4ccc(NC(C)=O)cc4S(=O)(=O)O)c(S(=O)(=O)O)c3)cc2S(=O)(=O)O)c(S(=O)(=O)O)c1. The van der Waals surface area contributed by atoms with Gasteiger partial charge in [0.25, 0.3) is 40.5 Å². The zero-order chi connectivity index (χ0) is 41.8. The summed E-state index contributed by atoms with van der Waals surface area (Å²) in [6.07, 6.45) is 4.39. The van der Waals surface area contributed by atoms with Gasteiger partial charge >= 0.3 is 6.03 Å². The molecule has 0 heterocycles. The molecular weight excluding hydrogens is 821 g/mol. The zero-order valence-corrected chi connectivity index (χ0v) is 31.9. The average Bonchev–Trinajstić information content (AvgIpc) is 3.05. The first-order valence-corrected chi connectivity index (χ1v) is 21.0. The Balaban J connectivity index is 1.60. The smallest absolute Gasteiger partial charge is 0.323 e. The highest BCUT2D eigenvalue weighted by atomic mass is 32.2. The summed E-state index contributed by atoms with van der Waals surface area (Å²) < 4.78 is 136. The van der Waals surface area contributed by atoms with E-state index in [0.717, 1.165) is 60.7 Å². The van der Waals surface area contributed by atoms with Gasteiger partial charge in [0.05, 0.1) is 0 Å². The van der Waals surface area contributed by atoms with Gasteiger partial charge in [-0.05, 0) is 70.8 Å². The number of amides is 4. The van der Waals surface area contributed by atoms with Crippen LogP contribution in [0.5, 0.6) is 0 Å². The molecule has 0 aliphatic carbocycles. The van der Waals surface area contributed by atoms with Crippen molar-refractivity contribution in [2.75, 3.05) is 21.3 Å². The maximum Gasteiger partial charge on any atom is 0.323 e. The van der Waals surface area contributed by atoms with Gasteiger partial charge in [-0.1, -0.05) is 48.6 Å². The summed E-state index contributed by atoms with van der Waals surface area (Å²) in [6, 6.07) is 12.3. The summed E-state index contributed by atoms with van der Waals surface area (Å²) in [5.41, 5.74) is -0.989. The lowest BCUT2D eigenvalue weighted by molar-refractivity contribution is -0.115. The van der Waals surface area contributed by atoms with Crippen LogP contribution in [0, 0.1) is 0 Å². The number of benzene rings is 4. The summed E-state index contributed by atoms with van der Waals surface area (Å²) in [6.45, 7) is 2.35. The summed E-state index contributed by atoms with van der Waals surface area (Å²) in [7, 11) is -19.6. The van der Waals surface area contributed by atoms with Crippen LogP contribution in [0.4, 0.5) is 27.5 Å². The second-order valence-electron chi connectivity index (χ2n) is 11.5. The number of rotatable bonds is 12. The van der Waals surface area contributed by atoms with Crippen LogP contribution in [0.3, 0.4) is 0 Å². The summed E-state index contributed by atoms with van der Waals surface area (Å²) in [5.74, 6) is -1.05. The van der Waals surface area contributed by atoms with E-state index in [1.54, 1.807) is 0 Å². The number of carbonyl (C=O) groups excluding carboxylic acids is 3. The Morgan fingerprint density at radius 2 is 0.625 bits per heavy atom. The van der Waals surface area contributed by atoms with Gasteiger partial charge in [0, 0.05) is 36.6 Å². The van der Waals surface area contributed by atoms with Crippen molar-refractivity contribution in [2.45, 2.75) is 33.4 Å². The topological polar surface area (TPSA) is 317 Å². The molecule has 0 atom stereocenters. The Labute approximate surface area is 320 Å². The molecule has 0 saturated carbocycles. The fraction of sp³-hybridized carbons (Fsp3) is 0.0606. The first-order valence-electron chi connectivity index (χ1n) is 15.3. The Kier molecular flexibility index (Phi) is 12.7. The Morgan fingerprint density at radius 3 is 0.821 bits per heavy atom. The van der Waals surface area contributed by atoms with Crippen molar-refractivity contribution in [1.82, 2.24) is 0 Å². The number of nitrogens with one attached hydrogen (secondary N) is 4. The van der Waals surface area contributed by atoms with E-state index in [2.05, 4.69) is 21.3 Å². The fourth-order valence-electron chi connectivity index (χ4n) is 4.95. The van der Waals surface area contributed by atoms with Crippen LogP contribution >= 0.6 is 0 Å². The number of anilines is 4. The highest BCUT2D eigenvalue weighted by Crippen LogP contribution is 2.28. The summed E-state index contributed by atoms with van der Waals surface area (Å²) >= 11 is 0. The van der Waals surface area contributed by atoms with E-state index in [4.69, 9.17) is 0 Å². The molecule has 8 N–H and O–H groups in total. The summed E-state index contributed by atoms with van der Waals surface area (Å²) in [5, 5.41) is 9.27. The first-order chi connectivity index (χ1) is 25.8. The molecule has 0 aromatic heterocycles. The molecule has 4 amide bonds. The average molecular weight is 851 g/mol. The lowest BCUT2D eigenvalue weighted by atomic mass is 10.1. The van der Waals surface area contributed by atoms with E-state index in [1.165, 1.54) is 50.2 Å². The molecule has 23 heteroatoms. The van der Waals surface area contributed by atoms with E-state index in [9.17, 15) is 66.3 Å². The molecule has 0 bridgehead atoms. The van der Waals surface area contributed by atoms with Crippen LogP contribution in [-0.2, 0) is 50.1 Å². The van der Waals surface area contributed by atoms with Crippen molar-refractivity contribution >= 4 is 105 Å². The van der Waals surface area contributed by atoms with Crippen LogP contribution in [0.2, 0.25) is 0 Å². The normalized spacial score (nSPS) is 12.4. The van der Waals surface area contributed by atoms with Gasteiger partial charge in [-0.15, -0.1) is 0 Å². The van der Waals surface area contributed by atoms with E-state index < -0.39 is 77.9 Å². The Morgan fingerprint density at radius 1 is 0.411 bits per heavy atom. The van der Waals surface area contributed by atoms with Gasteiger partial charge in [-0.3, -0.25) is 27.8 Å². The van der Waals surface area contributed by atoms with Crippen molar-refractivity contribution in [3.63, 3.8) is 0 Å². The molecule has 0 spiro atoms.